The van der Waals surface area contributed by atoms with Crippen molar-refractivity contribution in [3.8, 4) is 0 Å². The maximum absolute atomic E-state index is 2.58. The molecule has 0 aromatic heterocycles. The Hall–Kier alpha value is -0.303. The van der Waals surface area contributed by atoms with Crippen LogP contribution in [0.5, 0.6) is 0 Å². The van der Waals surface area contributed by atoms with E-state index in [0.29, 0.717) is 5.04 Å². The molecule has 0 aromatic carbocycles. The fourth-order valence-corrected chi connectivity index (χ4v) is 7.68. The lowest BCUT2D eigenvalue weighted by molar-refractivity contribution is 0.863. The summed E-state index contributed by atoms with van der Waals surface area (Å²) in [4.78, 5) is 0. The van der Waals surface area contributed by atoms with Crippen molar-refractivity contribution >= 4 is 8.80 Å². The molecule has 1 saturated heterocycles. The fourth-order valence-electron chi connectivity index (χ4n) is 3.32. The summed E-state index contributed by atoms with van der Waals surface area (Å²) in [6.45, 7) is 9.46. The Kier molecular flexibility index (Phi) is 2.46. The van der Waals surface area contributed by atoms with Crippen molar-refractivity contribution in [1.29, 1.82) is 0 Å². The minimum atomic E-state index is -0.518. The van der Waals surface area contributed by atoms with Crippen LogP contribution in [0.2, 0.25) is 17.1 Å². The van der Waals surface area contributed by atoms with Crippen molar-refractivity contribution in [2.75, 3.05) is 0 Å². The van der Waals surface area contributed by atoms with Gasteiger partial charge in [0, 0.05) is 0 Å². The topological polar surface area (TPSA) is 0 Å². The van der Waals surface area contributed by atoms with Crippen LogP contribution in [0.1, 0.15) is 40.5 Å². The summed E-state index contributed by atoms with van der Waals surface area (Å²) in [5.41, 5.74) is 4.81. The summed E-state index contributed by atoms with van der Waals surface area (Å²) >= 11 is 0. The minimum Gasteiger partial charge on any atom is -0.0744 e. The van der Waals surface area contributed by atoms with Gasteiger partial charge in [-0.15, -0.1) is 0 Å². The largest absolute Gasteiger partial charge is 0.0744 e. The van der Waals surface area contributed by atoms with Gasteiger partial charge in [-0.3, -0.25) is 0 Å². The van der Waals surface area contributed by atoms with Crippen LogP contribution in [0.4, 0.5) is 0 Å². The Balaban J connectivity index is 2.33. The maximum Gasteiger partial charge on any atom is 0.0528 e. The Morgan fingerprint density at radius 1 is 1.14 bits per heavy atom. The third kappa shape index (κ3) is 1.33. The lowest BCUT2D eigenvalue weighted by atomic mass is 10.0. The Bertz CT molecular complexity index is 305. The summed E-state index contributed by atoms with van der Waals surface area (Å²) in [5, 5.41) is 0.532. The van der Waals surface area contributed by atoms with Gasteiger partial charge >= 0.3 is 0 Å². The average molecular weight is 206 g/mol. The molecule has 0 radical (unpaired) electrons. The zero-order valence-corrected chi connectivity index (χ0v) is 11.1. The van der Waals surface area contributed by atoms with Gasteiger partial charge in [-0.25, -0.2) is 0 Å². The highest BCUT2D eigenvalue weighted by Crippen LogP contribution is 2.52. The highest BCUT2D eigenvalue weighted by Gasteiger charge is 2.40. The summed E-state index contributed by atoms with van der Waals surface area (Å²) in [6.07, 6.45) is 5.59. The van der Waals surface area contributed by atoms with Crippen LogP contribution in [0.25, 0.3) is 0 Å². The number of allylic oxidation sites excluding steroid dienone is 4. The molecule has 78 valence electrons. The molecule has 1 unspecified atom stereocenters. The molecule has 0 amide bonds. The molecule has 0 saturated carbocycles. The summed E-state index contributed by atoms with van der Waals surface area (Å²) in [7, 11) is -0.518. The summed E-state index contributed by atoms with van der Waals surface area (Å²) < 4.78 is 0. The van der Waals surface area contributed by atoms with Crippen LogP contribution >= 0.6 is 0 Å². The van der Waals surface area contributed by atoms with Gasteiger partial charge in [0.15, 0.2) is 0 Å². The van der Waals surface area contributed by atoms with Gasteiger partial charge in [-0.05, 0) is 31.4 Å². The molecule has 1 fully saturated rings. The molecule has 1 aliphatic carbocycles. The first-order valence-electron chi connectivity index (χ1n) is 5.93. The van der Waals surface area contributed by atoms with Gasteiger partial charge in [0.25, 0.3) is 0 Å². The van der Waals surface area contributed by atoms with E-state index in [4.69, 9.17) is 0 Å². The van der Waals surface area contributed by atoms with Crippen molar-refractivity contribution in [1.82, 2.24) is 0 Å². The predicted molar refractivity (Wildman–Crippen MR) is 66.5 cm³/mol. The first-order valence-corrected chi connectivity index (χ1v) is 8.14. The van der Waals surface area contributed by atoms with Gasteiger partial charge in [-0.1, -0.05) is 49.1 Å². The molecular weight excluding hydrogens is 184 g/mol. The van der Waals surface area contributed by atoms with Crippen LogP contribution in [-0.4, -0.2) is 8.80 Å². The summed E-state index contributed by atoms with van der Waals surface area (Å²) in [6, 6.07) is 3.15. The standard InChI is InChI=1S/C13H22Si/c1-10-9-13(4,12(3)11(10)2)14-7-5-6-8-14/h9,14H,5-8H2,1-4H3. The molecule has 1 heterocycles. The zero-order chi connectivity index (χ0) is 10.3. The second-order valence-electron chi connectivity index (χ2n) is 5.34. The van der Waals surface area contributed by atoms with E-state index in [1.807, 2.05) is 0 Å². The van der Waals surface area contributed by atoms with Gasteiger partial charge in [0.05, 0.1) is 8.80 Å². The lowest BCUT2D eigenvalue weighted by Crippen LogP contribution is -2.25. The Labute approximate surface area is 89.7 Å². The lowest BCUT2D eigenvalue weighted by Gasteiger charge is -2.30. The molecular formula is C13H22Si. The van der Waals surface area contributed by atoms with E-state index in [9.17, 15) is 0 Å². The molecule has 0 spiro atoms. The highest BCUT2D eigenvalue weighted by molar-refractivity contribution is 6.64. The third-order valence-corrected chi connectivity index (χ3v) is 9.19. The Morgan fingerprint density at radius 2 is 1.71 bits per heavy atom. The highest BCUT2D eigenvalue weighted by atomic mass is 28.3. The second-order valence-corrected chi connectivity index (χ2v) is 9.09. The molecule has 0 bridgehead atoms. The van der Waals surface area contributed by atoms with Crippen LogP contribution in [0.15, 0.2) is 22.8 Å². The third-order valence-electron chi connectivity index (χ3n) is 4.68. The molecule has 2 rings (SSSR count). The van der Waals surface area contributed by atoms with E-state index in [-0.39, 0.29) is 0 Å². The van der Waals surface area contributed by atoms with Crippen LogP contribution in [0, 0.1) is 0 Å². The molecule has 0 N–H and O–H groups in total. The van der Waals surface area contributed by atoms with Gasteiger partial charge in [-0.2, -0.15) is 0 Å². The van der Waals surface area contributed by atoms with Crippen LogP contribution in [0.3, 0.4) is 0 Å². The SMILES string of the molecule is CC1=CC(C)([SiH]2CCCC2)C(C)=C1C. The molecule has 1 atom stereocenters. The molecule has 2 aliphatic rings. The molecule has 14 heavy (non-hydrogen) atoms. The van der Waals surface area contributed by atoms with Gasteiger partial charge < -0.3 is 0 Å². The monoisotopic (exact) mass is 206 g/mol. The van der Waals surface area contributed by atoms with E-state index in [1.54, 1.807) is 28.8 Å². The van der Waals surface area contributed by atoms with E-state index in [0.717, 1.165) is 0 Å². The van der Waals surface area contributed by atoms with Crippen molar-refractivity contribution in [2.24, 2.45) is 0 Å². The first kappa shape index (κ1) is 10.2. The minimum absolute atomic E-state index is 0.518. The normalized spacial score (nSPS) is 34.1. The molecule has 0 nitrogen and oxygen atoms in total. The number of rotatable bonds is 1. The van der Waals surface area contributed by atoms with Crippen molar-refractivity contribution in [3.63, 3.8) is 0 Å². The van der Waals surface area contributed by atoms with E-state index >= 15 is 0 Å². The van der Waals surface area contributed by atoms with Crippen molar-refractivity contribution < 1.29 is 0 Å². The van der Waals surface area contributed by atoms with Gasteiger partial charge in [0.2, 0.25) is 0 Å². The van der Waals surface area contributed by atoms with Gasteiger partial charge in [0.1, 0.15) is 0 Å². The quantitative estimate of drug-likeness (QED) is 0.568. The number of hydrogen-bond donors (Lipinski definition) is 0. The van der Waals surface area contributed by atoms with E-state index in [1.165, 1.54) is 12.8 Å². The van der Waals surface area contributed by atoms with E-state index in [2.05, 4.69) is 33.8 Å². The van der Waals surface area contributed by atoms with Crippen LogP contribution < -0.4 is 0 Å². The molecule has 0 aromatic rings. The molecule has 1 heteroatoms. The van der Waals surface area contributed by atoms with Crippen LogP contribution in [-0.2, 0) is 0 Å². The average Bonchev–Trinajstić information content (AvgIpc) is 2.73. The zero-order valence-electron chi connectivity index (χ0n) is 9.98. The fraction of sp³-hybridized carbons (Fsp3) is 0.692. The predicted octanol–water partition coefficient (Wildman–Crippen LogP) is 4.06. The number of hydrogen-bond acceptors (Lipinski definition) is 0. The molecule has 1 aliphatic heterocycles. The van der Waals surface area contributed by atoms with E-state index < -0.39 is 8.80 Å². The Morgan fingerprint density at radius 3 is 2.14 bits per heavy atom. The van der Waals surface area contributed by atoms with Crippen molar-refractivity contribution in [3.05, 3.63) is 22.8 Å². The smallest absolute Gasteiger partial charge is 0.0528 e. The second kappa shape index (κ2) is 3.37. The first-order chi connectivity index (χ1) is 6.55. The van der Waals surface area contributed by atoms with Crippen molar-refractivity contribution in [2.45, 2.75) is 57.7 Å². The summed E-state index contributed by atoms with van der Waals surface area (Å²) in [5.74, 6) is 0. The maximum atomic E-state index is 2.58.